The predicted octanol–water partition coefficient (Wildman–Crippen LogP) is 1.31. The fourth-order valence-corrected chi connectivity index (χ4v) is 2.39. The molecule has 0 radical (unpaired) electrons. The van der Waals surface area contributed by atoms with Gasteiger partial charge in [0.1, 0.15) is 6.04 Å². The van der Waals surface area contributed by atoms with Crippen LogP contribution in [0, 0.1) is 17.8 Å². The van der Waals surface area contributed by atoms with Crippen molar-refractivity contribution in [2.45, 2.75) is 46.6 Å². The van der Waals surface area contributed by atoms with E-state index in [1.807, 2.05) is 0 Å². The summed E-state index contributed by atoms with van der Waals surface area (Å²) in [7, 11) is 0. The third kappa shape index (κ3) is 4.02. The largest absolute Gasteiger partial charge is 0.354 e. The van der Waals surface area contributed by atoms with Crippen LogP contribution >= 0.6 is 0 Å². The maximum atomic E-state index is 11.8. The summed E-state index contributed by atoms with van der Waals surface area (Å²) in [6, 6.07) is -0.317. The van der Waals surface area contributed by atoms with Gasteiger partial charge in [0.25, 0.3) is 0 Å². The Balaban J connectivity index is 2.38. The molecule has 1 aliphatic heterocycles. The molecule has 1 saturated heterocycles. The average molecular weight is 240 g/mol. The molecule has 0 saturated carbocycles. The molecule has 2 N–H and O–H groups in total. The first-order chi connectivity index (χ1) is 7.91. The molecule has 98 valence electrons. The Morgan fingerprint density at radius 3 is 2.35 bits per heavy atom. The van der Waals surface area contributed by atoms with Gasteiger partial charge in [-0.05, 0) is 24.2 Å². The van der Waals surface area contributed by atoms with Crippen LogP contribution in [0.25, 0.3) is 0 Å². The van der Waals surface area contributed by atoms with Gasteiger partial charge < -0.3 is 10.6 Å². The first-order valence-corrected chi connectivity index (χ1v) is 6.49. The molecule has 1 atom stereocenters. The third-order valence-corrected chi connectivity index (χ3v) is 3.54. The van der Waals surface area contributed by atoms with Gasteiger partial charge >= 0.3 is 0 Å². The zero-order chi connectivity index (χ0) is 13.0. The lowest BCUT2D eigenvalue weighted by Gasteiger charge is -2.25. The molecule has 0 aliphatic carbocycles. The average Bonchev–Trinajstić information content (AvgIpc) is 2.63. The number of rotatable bonds is 5. The molecule has 0 aromatic carbocycles. The van der Waals surface area contributed by atoms with E-state index in [1.165, 1.54) is 0 Å². The van der Waals surface area contributed by atoms with Gasteiger partial charge in [0.15, 0.2) is 0 Å². The molecule has 0 spiro atoms. The van der Waals surface area contributed by atoms with E-state index in [0.29, 0.717) is 37.1 Å². The van der Waals surface area contributed by atoms with E-state index in [-0.39, 0.29) is 17.9 Å². The number of amides is 2. The van der Waals surface area contributed by atoms with Gasteiger partial charge in [0.05, 0.1) is 0 Å². The van der Waals surface area contributed by atoms with Crippen LogP contribution in [0.3, 0.4) is 0 Å². The van der Waals surface area contributed by atoms with Gasteiger partial charge in [-0.15, -0.1) is 0 Å². The number of carbonyl (C=O) groups excluding carboxylic acids is 2. The zero-order valence-electron chi connectivity index (χ0n) is 11.2. The van der Waals surface area contributed by atoms with Crippen LogP contribution in [0.4, 0.5) is 0 Å². The Kier molecular flexibility index (Phi) is 4.97. The Hall–Kier alpha value is -1.06. The van der Waals surface area contributed by atoms with E-state index in [4.69, 9.17) is 0 Å². The summed E-state index contributed by atoms with van der Waals surface area (Å²) in [6.45, 7) is 9.39. The van der Waals surface area contributed by atoms with Crippen LogP contribution in [-0.2, 0) is 9.59 Å². The van der Waals surface area contributed by atoms with E-state index in [0.717, 1.165) is 0 Å². The van der Waals surface area contributed by atoms with Crippen molar-refractivity contribution in [2.24, 2.45) is 17.8 Å². The number of carbonyl (C=O) groups is 2. The molecule has 0 aromatic heterocycles. The van der Waals surface area contributed by atoms with Crippen molar-refractivity contribution in [1.29, 1.82) is 0 Å². The van der Waals surface area contributed by atoms with E-state index >= 15 is 0 Å². The van der Waals surface area contributed by atoms with Crippen molar-refractivity contribution in [1.82, 2.24) is 10.6 Å². The minimum Gasteiger partial charge on any atom is -0.354 e. The normalized spacial score (nSPS) is 20.2. The zero-order valence-corrected chi connectivity index (χ0v) is 11.2. The smallest absolute Gasteiger partial charge is 0.242 e. The fourth-order valence-electron chi connectivity index (χ4n) is 2.39. The van der Waals surface area contributed by atoms with Gasteiger partial charge in [-0.3, -0.25) is 9.59 Å². The molecule has 1 rings (SSSR count). The van der Waals surface area contributed by atoms with Crippen LogP contribution < -0.4 is 10.6 Å². The molecule has 0 aromatic rings. The second-order valence-corrected chi connectivity index (χ2v) is 5.56. The maximum absolute atomic E-state index is 11.8. The summed E-state index contributed by atoms with van der Waals surface area (Å²) in [6.07, 6.45) is 1.09. The van der Waals surface area contributed by atoms with Gasteiger partial charge in [-0.2, -0.15) is 0 Å². The summed E-state index contributed by atoms with van der Waals surface area (Å²) in [5.74, 6) is 1.52. The minimum absolute atomic E-state index is 0.0191. The Morgan fingerprint density at radius 1 is 1.35 bits per heavy atom. The number of nitrogens with one attached hydrogen (secondary N) is 2. The molecule has 4 heteroatoms. The molecule has 4 nitrogen and oxygen atoms in total. The Morgan fingerprint density at radius 2 is 1.94 bits per heavy atom. The molecule has 0 bridgehead atoms. The summed E-state index contributed by atoms with van der Waals surface area (Å²) in [5.41, 5.74) is 0. The van der Waals surface area contributed by atoms with E-state index in [1.54, 1.807) is 0 Å². The van der Waals surface area contributed by atoms with E-state index in [2.05, 4.69) is 38.3 Å². The fraction of sp³-hybridized carbons (Fsp3) is 0.846. The third-order valence-electron chi connectivity index (χ3n) is 3.54. The number of hydrogen-bond acceptors (Lipinski definition) is 2. The quantitative estimate of drug-likeness (QED) is 0.761. The van der Waals surface area contributed by atoms with Crippen molar-refractivity contribution in [3.63, 3.8) is 0 Å². The lowest BCUT2D eigenvalue weighted by atomic mass is 9.85. The van der Waals surface area contributed by atoms with Crippen LogP contribution in [0.15, 0.2) is 0 Å². The molecule has 1 fully saturated rings. The SMILES string of the molecule is CC(C)C(CNC(=O)C1CCC(=O)N1)C(C)C. The molecular formula is C13H24N2O2. The van der Waals surface area contributed by atoms with Crippen LogP contribution in [0.5, 0.6) is 0 Å². The first kappa shape index (κ1) is 14.0. The van der Waals surface area contributed by atoms with Crippen molar-refractivity contribution in [2.75, 3.05) is 6.54 Å². The van der Waals surface area contributed by atoms with E-state index in [9.17, 15) is 9.59 Å². The minimum atomic E-state index is -0.317. The van der Waals surface area contributed by atoms with Crippen molar-refractivity contribution >= 4 is 11.8 Å². The highest BCUT2D eigenvalue weighted by Gasteiger charge is 2.28. The van der Waals surface area contributed by atoms with Crippen molar-refractivity contribution < 1.29 is 9.59 Å². The maximum Gasteiger partial charge on any atom is 0.242 e. The molecule has 1 heterocycles. The molecule has 17 heavy (non-hydrogen) atoms. The lowest BCUT2D eigenvalue weighted by Crippen LogP contribution is -2.44. The molecule has 2 amide bonds. The first-order valence-electron chi connectivity index (χ1n) is 6.49. The second-order valence-electron chi connectivity index (χ2n) is 5.56. The van der Waals surface area contributed by atoms with Gasteiger partial charge in [0, 0.05) is 13.0 Å². The molecule has 1 unspecified atom stereocenters. The second kappa shape index (κ2) is 6.03. The molecule has 1 aliphatic rings. The summed E-state index contributed by atoms with van der Waals surface area (Å²) in [5, 5.41) is 5.64. The molecular weight excluding hydrogens is 216 g/mol. The van der Waals surface area contributed by atoms with E-state index < -0.39 is 0 Å². The summed E-state index contributed by atoms with van der Waals surface area (Å²) < 4.78 is 0. The van der Waals surface area contributed by atoms with Gasteiger partial charge in [-0.25, -0.2) is 0 Å². The van der Waals surface area contributed by atoms with Crippen molar-refractivity contribution in [3.8, 4) is 0 Å². The van der Waals surface area contributed by atoms with Crippen LogP contribution in [-0.4, -0.2) is 24.4 Å². The van der Waals surface area contributed by atoms with Crippen LogP contribution in [0.1, 0.15) is 40.5 Å². The van der Waals surface area contributed by atoms with Crippen LogP contribution in [0.2, 0.25) is 0 Å². The van der Waals surface area contributed by atoms with Crippen molar-refractivity contribution in [3.05, 3.63) is 0 Å². The summed E-state index contributed by atoms with van der Waals surface area (Å²) >= 11 is 0. The van der Waals surface area contributed by atoms with Gasteiger partial charge in [-0.1, -0.05) is 27.7 Å². The van der Waals surface area contributed by atoms with Gasteiger partial charge in [0.2, 0.25) is 11.8 Å². The summed E-state index contributed by atoms with van der Waals surface area (Å²) in [4.78, 5) is 22.8. The number of hydrogen-bond donors (Lipinski definition) is 2. The Bertz CT molecular complexity index is 279. The highest BCUT2D eigenvalue weighted by atomic mass is 16.2. The topological polar surface area (TPSA) is 58.2 Å². The lowest BCUT2D eigenvalue weighted by molar-refractivity contribution is -0.126. The standard InChI is InChI=1S/C13H24N2O2/c1-8(2)10(9(3)4)7-14-13(17)11-5-6-12(16)15-11/h8-11H,5-7H2,1-4H3,(H,14,17)(H,15,16). The predicted molar refractivity (Wildman–Crippen MR) is 67.3 cm³/mol. The Labute approximate surface area is 104 Å². The monoisotopic (exact) mass is 240 g/mol. The highest BCUT2D eigenvalue weighted by Crippen LogP contribution is 2.19. The highest BCUT2D eigenvalue weighted by molar-refractivity contribution is 5.90.